The minimum absolute atomic E-state index is 0.0146. The van der Waals surface area contributed by atoms with Crippen molar-refractivity contribution in [3.63, 3.8) is 0 Å². The molecule has 2 rings (SSSR count). The zero-order valence-corrected chi connectivity index (χ0v) is 15.2. The van der Waals surface area contributed by atoms with Crippen molar-refractivity contribution in [2.24, 2.45) is 17.3 Å². The number of esters is 1. The van der Waals surface area contributed by atoms with Gasteiger partial charge in [-0.05, 0) is 25.2 Å². The Hall–Kier alpha value is -1.15. The Labute approximate surface area is 143 Å². The van der Waals surface area contributed by atoms with E-state index >= 15 is 0 Å². The SMILES string of the molecule is COC(=O)C1(CS(=O)(=O)N2CC(C)CC(C(=O)O)C2)CCCCC1. The monoisotopic (exact) mass is 361 g/mol. The molecule has 2 fully saturated rings. The summed E-state index contributed by atoms with van der Waals surface area (Å²) in [5.74, 6) is -2.43. The number of rotatable bonds is 5. The van der Waals surface area contributed by atoms with Crippen molar-refractivity contribution in [2.75, 3.05) is 26.0 Å². The van der Waals surface area contributed by atoms with Gasteiger partial charge in [0.1, 0.15) is 0 Å². The Bertz CT molecular complexity index is 581. The molecule has 1 heterocycles. The van der Waals surface area contributed by atoms with Crippen LogP contribution in [0.3, 0.4) is 0 Å². The number of nitrogens with zero attached hydrogens (tertiary/aromatic N) is 1. The molecule has 7 nitrogen and oxygen atoms in total. The first-order valence-electron chi connectivity index (χ1n) is 8.49. The van der Waals surface area contributed by atoms with Crippen molar-refractivity contribution in [1.82, 2.24) is 4.31 Å². The van der Waals surface area contributed by atoms with Crippen molar-refractivity contribution in [3.8, 4) is 0 Å². The van der Waals surface area contributed by atoms with Crippen LogP contribution < -0.4 is 0 Å². The average Bonchev–Trinajstić information content (AvgIpc) is 2.53. The molecule has 0 radical (unpaired) electrons. The summed E-state index contributed by atoms with van der Waals surface area (Å²) in [6.07, 6.45) is 4.08. The maximum absolute atomic E-state index is 12.9. The van der Waals surface area contributed by atoms with Gasteiger partial charge in [-0.2, -0.15) is 0 Å². The number of carboxylic acid groups (broad SMARTS) is 1. The van der Waals surface area contributed by atoms with E-state index in [0.29, 0.717) is 25.8 Å². The van der Waals surface area contributed by atoms with E-state index in [2.05, 4.69) is 0 Å². The van der Waals surface area contributed by atoms with E-state index in [0.717, 1.165) is 19.3 Å². The second-order valence-corrected chi connectivity index (χ2v) is 9.25. The molecule has 0 bridgehead atoms. The fourth-order valence-electron chi connectivity index (χ4n) is 4.00. The normalized spacial score (nSPS) is 28.2. The van der Waals surface area contributed by atoms with Gasteiger partial charge in [0.25, 0.3) is 0 Å². The van der Waals surface area contributed by atoms with Crippen LogP contribution in [0.25, 0.3) is 0 Å². The number of carbonyl (C=O) groups is 2. The summed E-state index contributed by atoms with van der Waals surface area (Å²) in [6.45, 7) is 2.15. The van der Waals surface area contributed by atoms with Gasteiger partial charge in [0.15, 0.2) is 0 Å². The molecule has 2 aliphatic rings. The number of hydrogen-bond donors (Lipinski definition) is 1. The van der Waals surface area contributed by atoms with Gasteiger partial charge in [0.05, 0.1) is 24.2 Å². The molecule has 0 spiro atoms. The van der Waals surface area contributed by atoms with Crippen LogP contribution in [0.15, 0.2) is 0 Å². The van der Waals surface area contributed by atoms with Crippen LogP contribution in [-0.4, -0.2) is 55.7 Å². The Balaban J connectivity index is 2.21. The first-order chi connectivity index (χ1) is 11.2. The number of carboxylic acids is 1. The van der Waals surface area contributed by atoms with E-state index in [-0.39, 0.29) is 18.2 Å². The van der Waals surface area contributed by atoms with Crippen LogP contribution in [0, 0.1) is 17.3 Å². The highest BCUT2D eigenvalue weighted by molar-refractivity contribution is 7.89. The van der Waals surface area contributed by atoms with Crippen LogP contribution >= 0.6 is 0 Å². The molecule has 8 heteroatoms. The topological polar surface area (TPSA) is 101 Å². The molecule has 1 aliphatic carbocycles. The van der Waals surface area contributed by atoms with Gasteiger partial charge in [-0.3, -0.25) is 9.59 Å². The quantitative estimate of drug-likeness (QED) is 0.745. The first kappa shape index (κ1) is 19.2. The van der Waals surface area contributed by atoms with Crippen LogP contribution in [-0.2, 0) is 24.3 Å². The highest BCUT2D eigenvalue weighted by atomic mass is 32.2. The lowest BCUT2D eigenvalue weighted by molar-refractivity contribution is -0.153. The number of methoxy groups -OCH3 is 1. The number of hydrogen-bond acceptors (Lipinski definition) is 5. The van der Waals surface area contributed by atoms with Gasteiger partial charge in [-0.15, -0.1) is 0 Å². The molecular weight excluding hydrogens is 334 g/mol. The van der Waals surface area contributed by atoms with Gasteiger partial charge in [-0.25, -0.2) is 12.7 Å². The van der Waals surface area contributed by atoms with Gasteiger partial charge in [0.2, 0.25) is 10.0 Å². The lowest BCUT2D eigenvalue weighted by atomic mass is 9.75. The second kappa shape index (κ2) is 7.39. The predicted octanol–water partition coefficient (Wildman–Crippen LogP) is 1.48. The lowest BCUT2D eigenvalue weighted by Gasteiger charge is -2.38. The molecule has 1 aliphatic heterocycles. The maximum Gasteiger partial charge on any atom is 0.312 e. The highest BCUT2D eigenvalue weighted by Gasteiger charge is 2.47. The van der Waals surface area contributed by atoms with Crippen LogP contribution in [0.5, 0.6) is 0 Å². The third-order valence-corrected chi connectivity index (χ3v) is 7.26. The van der Waals surface area contributed by atoms with E-state index in [1.165, 1.54) is 11.4 Å². The average molecular weight is 361 g/mol. The zero-order chi connectivity index (χ0) is 18.0. The summed E-state index contributed by atoms with van der Waals surface area (Å²) in [6, 6.07) is 0. The molecule has 138 valence electrons. The fraction of sp³-hybridized carbons (Fsp3) is 0.875. The minimum Gasteiger partial charge on any atom is -0.481 e. The van der Waals surface area contributed by atoms with Gasteiger partial charge in [-0.1, -0.05) is 26.2 Å². The fourth-order valence-corrected chi connectivity index (χ4v) is 6.18. The molecule has 0 amide bonds. The highest BCUT2D eigenvalue weighted by Crippen LogP contribution is 2.40. The molecular formula is C16H27NO6S. The first-order valence-corrected chi connectivity index (χ1v) is 10.1. The molecule has 2 atom stereocenters. The van der Waals surface area contributed by atoms with E-state index in [1.54, 1.807) is 0 Å². The predicted molar refractivity (Wildman–Crippen MR) is 87.8 cm³/mol. The maximum atomic E-state index is 12.9. The zero-order valence-electron chi connectivity index (χ0n) is 14.4. The summed E-state index contributed by atoms with van der Waals surface area (Å²) in [4.78, 5) is 23.6. The van der Waals surface area contributed by atoms with E-state index < -0.39 is 33.3 Å². The number of ether oxygens (including phenoxy) is 1. The molecule has 24 heavy (non-hydrogen) atoms. The molecule has 1 N–H and O–H groups in total. The van der Waals surface area contributed by atoms with E-state index in [4.69, 9.17) is 4.74 Å². The van der Waals surface area contributed by atoms with Crippen molar-refractivity contribution in [3.05, 3.63) is 0 Å². The molecule has 2 unspecified atom stereocenters. The molecule has 1 saturated heterocycles. The number of piperidine rings is 1. The van der Waals surface area contributed by atoms with Crippen molar-refractivity contribution >= 4 is 22.0 Å². The largest absolute Gasteiger partial charge is 0.481 e. The van der Waals surface area contributed by atoms with Gasteiger partial charge >= 0.3 is 11.9 Å². The lowest BCUT2D eigenvalue weighted by Crippen LogP contribution is -2.50. The summed E-state index contributed by atoms with van der Waals surface area (Å²) in [5, 5.41) is 9.24. The van der Waals surface area contributed by atoms with Crippen LogP contribution in [0.2, 0.25) is 0 Å². The standard InChI is InChI=1S/C16H27NO6S/c1-12-8-13(14(18)19)10-17(9-12)24(21,22)11-16(15(20)23-2)6-4-3-5-7-16/h12-13H,3-11H2,1-2H3,(H,18,19). The summed E-state index contributed by atoms with van der Waals surface area (Å²) in [7, 11) is -2.44. The third kappa shape index (κ3) is 4.08. The van der Waals surface area contributed by atoms with Crippen molar-refractivity contribution in [1.29, 1.82) is 0 Å². The third-order valence-electron chi connectivity index (χ3n) is 5.26. The summed E-state index contributed by atoms with van der Waals surface area (Å²) >= 11 is 0. The van der Waals surface area contributed by atoms with Crippen LogP contribution in [0.4, 0.5) is 0 Å². The molecule has 1 saturated carbocycles. The van der Waals surface area contributed by atoms with Gasteiger partial charge < -0.3 is 9.84 Å². The number of carbonyl (C=O) groups excluding carboxylic acids is 1. The Morgan fingerprint density at radius 1 is 1.21 bits per heavy atom. The van der Waals surface area contributed by atoms with Crippen molar-refractivity contribution in [2.45, 2.75) is 45.4 Å². The Kier molecular flexibility index (Phi) is 5.91. The van der Waals surface area contributed by atoms with Gasteiger partial charge in [0, 0.05) is 13.1 Å². The van der Waals surface area contributed by atoms with Crippen molar-refractivity contribution < 1.29 is 27.9 Å². The number of aliphatic carboxylic acids is 1. The second-order valence-electron chi connectivity index (χ2n) is 7.28. The summed E-state index contributed by atoms with van der Waals surface area (Å²) in [5.41, 5.74) is -0.995. The Morgan fingerprint density at radius 2 is 1.83 bits per heavy atom. The molecule has 0 aromatic rings. The smallest absolute Gasteiger partial charge is 0.312 e. The minimum atomic E-state index is -3.73. The Morgan fingerprint density at radius 3 is 2.38 bits per heavy atom. The number of sulfonamides is 1. The van der Waals surface area contributed by atoms with E-state index in [1.807, 2.05) is 6.92 Å². The summed E-state index contributed by atoms with van der Waals surface area (Å²) < 4.78 is 32.0. The van der Waals surface area contributed by atoms with Crippen LogP contribution in [0.1, 0.15) is 45.4 Å². The molecule has 0 aromatic heterocycles. The molecule has 0 aromatic carbocycles. The van der Waals surface area contributed by atoms with E-state index in [9.17, 15) is 23.1 Å².